The van der Waals surface area contributed by atoms with Crippen molar-refractivity contribution in [3.8, 4) is 5.75 Å². The van der Waals surface area contributed by atoms with Gasteiger partial charge in [0.25, 0.3) is 0 Å². The van der Waals surface area contributed by atoms with Crippen LogP contribution in [0.4, 0.5) is 0 Å². The molecule has 0 bridgehead atoms. The quantitative estimate of drug-likeness (QED) is 0.887. The minimum absolute atomic E-state index is 0.0000841. The summed E-state index contributed by atoms with van der Waals surface area (Å²) < 4.78 is 5.46. The van der Waals surface area contributed by atoms with E-state index in [1.807, 2.05) is 24.3 Å². The van der Waals surface area contributed by atoms with Gasteiger partial charge in [-0.2, -0.15) is 0 Å². The van der Waals surface area contributed by atoms with Gasteiger partial charge in [0.2, 0.25) is 5.91 Å². The molecule has 0 aliphatic carbocycles. The van der Waals surface area contributed by atoms with Gasteiger partial charge in [-0.1, -0.05) is 42.5 Å². The van der Waals surface area contributed by atoms with Gasteiger partial charge in [0.05, 0.1) is 12.5 Å². The highest BCUT2D eigenvalue weighted by Crippen LogP contribution is 2.30. The summed E-state index contributed by atoms with van der Waals surface area (Å²) in [6.45, 7) is 1.49. The third kappa shape index (κ3) is 4.36. The predicted molar refractivity (Wildman–Crippen MR) is 92.7 cm³/mol. The summed E-state index contributed by atoms with van der Waals surface area (Å²) in [5.41, 5.74) is 1.94. The molecule has 1 heterocycles. The molecule has 1 atom stereocenters. The topological polar surface area (TPSA) is 58.6 Å². The Hall–Kier alpha value is -2.33. The molecule has 24 heavy (non-hydrogen) atoms. The molecule has 0 unspecified atom stereocenters. The van der Waals surface area contributed by atoms with E-state index >= 15 is 0 Å². The van der Waals surface area contributed by atoms with Crippen LogP contribution >= 0.6 is 0 Å². The third-order valence-electron chi connectivity index (χ3n) is 4.49. The number of phenolic OH excluding ortho intramolecular Hbond substituents is 1. The number of phenols is 1. The molecule has 0 saturated carbocycles. The van der Waals surface area contributed by atoms with Crippen LogP contribution in [0, 0.1) is 5.92 Å². The first-order chi connectivity index (χ1) is 11.7. The van der Waals surface area contributed by atoms with Crippen LogP contribution in [-0.2, 0) is 16.0 Å². The minimum Gasteiger partial charge on any atom is -0.508 e. The number of ether oxygens (including phenoxy) is 1. The highest BCUT2D eigenvalue weighted by Gasteiger charge is 2.26. The van der Waals surface area contributed by atoms with Crippen molar-refractivity contribution in [2.75, 3.05) is 13.2 Å². The first-order valence-electron chi connectivity index (χ1n) is 8.42. The Bertz CT molecular complexity index is 666. The number of nitrogens with one attached hydrogen (secondary N) is 1. The second kappa shape index (κ2) is 7.97. The fraction of sp³-hybridized carbons (Fsp3) is 0.350. The molecule has 4 heteroatoms. The Labute approximate surface area is 142 Å². The second-order valence-electron chi connectivity index (χ2n) is 6.25. The standard InChI is InChI=1S/C20H23NO3/c22-18-8-4-5-15(13-18)14-19(23)21-20(16-6-2-1-3-7-16)17-9-11-24-12-10-17/h1-8,13,17,20,22H,9-12,14H2,(H,21,23)/t20-/m1/s1. The van der Waals surface area contributed by atoms with Crippen LogP contribution in [0.15, 0.2) is 54.6 Å². The Kier molecular flexibility index (Phi) is 5.49. The summed E-state index contributed by atoms with van der Waals surface area (Å²) in [5.74, 6) is 0.541. The molecule has 3 rings (SSSR count). The fourth-order valence-corrected chi connectivity index (χ4v) is 3.26. The molecule has 126 valence electrons. The second-order valence-corrected chi connectivity index (χ2v) is 6.25. The predicted octanol–water partition coefficient (Wildman–Crippen LogP) is 3.22. The summed E-state index contributed by atoms with van der Waals surface area (Å²) in [4.78, 5) is 12.5. The molecule has 4 nitrogen and oxygen atoms in total. The zero-order valence-electron chi connectivity index (χ0n) is 13.7. The summed E-state index contributed by atoms with van der Waals surface area (Å²) in [7, 11) is 0. The number of aromatic hydroxyl groups is 1. The average molecular weight is 325 g/mol. The summed E-state index contributed by atoms with van der Waals surface area (Å²) in [6.07, 6.45) is 2.17. The molecule has 2 aromatic carbocycles. The van der Waals surface area contributed by atoms with Crippen molar-refractivity contribution in [3.05, 3.63) is 65.7 Å². The lowest BCUT2D eigenvalue weighted by molar-refractivity contribution is -0.121. The molecule has 2 N–H and O–H groups in total. The maximum absolute atomic E-state index is 12.5. The number of carbonyl (C=O) groups is 1. The molecule has 1 amide bonds. The minimum atomic E-state index is -0.0269. The van der Waals surface area contributed by atoms with E-state index in [2.05, 4.69) is 17.4 Å². The Balaban J connectivity index is 1.72. The molecule has 2 aromatic rings. The van der Waals surface area contributed by atoms with Gasteiger partial charge in [0.1, 0.15) is 5.75 Å². The van der Waals surface area contributed by atoms with Gasteiger partial charge in [-0.25, -0.2) is 0 Å². The van der Waals surface area contributed by atoms with Gasteiger partial charge in [-0.15, -0.1) is 0 Å². The van der Waals surface area contributed by atoms with Gasteiger partial charge in [0, 0.05) is 13.2 Å². The van der Waals surface area contributed by atoms with Crippen molar-refractivity contribution in [2.24, 2.45) is 5.92 Å². The van der Waals surface area contributed by atoms with Crippen LogP contribution in [0.1, 0.15) is 30.0 Å². The van der Waals surface area contributed by atoms with Crippen LogP contribution in [0.3, 0.4) is 0 Å². The number of amides is 1. The normalized spacial score (nSPS) is 16.5. The first-order valence-corrected chi connectivity index (χ1v) is 8.42. The van der Waals surface area contributed by atoms with Crippen LogP contribution in [-0.4, -0.2) is 24.2 Å². The van der Waals surface area contributed by atoms with Gasteiger partial charge in [0.15, 0.2) is 0 Å². The Morgan fingerprint density at radius 2 is 1.88 bits per heavy atom. The first kappa shape index (κ1) is 16.5. The number of carbonyl (C=O) groups excluding carboxylic acids is 1. The van der Waals surface area contributed by atoms with Crippen molar-refractivity contribution in [1.82, 2.24) is 5.32 Å². The van der Waals surface area contributed by atoms with Crippen molar-refractivity contribution in [1.29, 1.82) is 0 Å². The van der Waals surface area contributed by atoms with E-state index in [0.717, 1.165) is 37.2 Å². The number of hydrogen-bond acceptors (Lipinski definition) is 3. The van der Waals surface area contributed by atoms with Crippen molar-refractivity contribution in [2.45, 2.75) is 25.3 Å². The smallest absolute Gasteiger partial charge is 0.224 e. The molecule has 0 aromatic heterocycles. The maximum atomic E-state index is 12.5. The molecule has 1 aliphatic rings. The molecule has 0 radical (unpaired) electrons. The van der Waals surface area contributed by atoms with Crippen molar-refractivity contribution >= 4 is 5.91 Å². The highest BCUT2D eigenvalue weighted by atomic mass is 16.5. The summed E-state index contributed by atoms with van der Waals surface area (Å²) >= 11 is 0. The molecular weight excluding hydrogens is 302 g/mol. The summed E-state index contributed by atoms with van der Waals surface area (Å²) in [5, 5.41) is 12.7. The van der Waals surface area contributed by atoms with E-state index in [-0.39, 0.29) is 24.1 Å². The zero-order valence-corrected chi connectivity index (χ0v) is 13.7. The Morgan fingerprint density at radius 1 is 1.12 bits per heavy atom. The number of hydrogen-bond donors (Lipinski definition) is 2. The van der Waals surface area contributed by atoms with Gasteiger partial charge >= 0.3 is 0 Å². The monoisotopic (exact) mass is 325 g/mol. The van der Waals surface area contributed by atoms with Crippen molar-refractivity contribution in [3.63, 3.8) is 0 Å². The lowest BCUT2D eigenvalue weighted by Gasteiger charge is -2.31. The fourth-order valence-electron chi connectivity index (χ4n) is 3.26. The van der Waals surface area contributed by atoms with Crippen molar-refractivity contribution < 1.29 is 14.6 Å². The number of rotatable bonds is 5. The maximum Gasteiger partial charge on any atom is 0.224 e. The van der Waals surface area contributed by atoms with Crippen LogP contribution < -0.4 is 5.32 Å². The lowest BCUT2D eigenvalue weighted by Crippen LogP contribution is -2.36. The highest BCUT2D eigenvalue weighted by molar-refractivity contribution is 5.79. The van der Waals surface area contributed by atoms with Crippen LogP contribution in [0.2, 0.25) is 0 Å². The van der Waals surface area contributed by atoms with E-state index in [0.29, 0.717) is 5.92 Å². The Morgan fingerprint density at radius 3 is 2.58 bits per heavy atom. The molecule has 1 fully saturated rings. The van der Waals surface area contributed by atoms with Gasteiger partial charge in [-0.3, -0.25) is 4.79 Å². The van der Waals surface area contributed by atoms with E-state index in [9.17, 15) is 9.90 Å². The molecule has 1 saturated heterocycles. The average Bonchev–Trinajstić information content (AvgIpc) is 2.61. The molecule has 1 aliphatic heterocycles. The lowest BCUT2D eigenvalue weighted by atomic mass is 9.87. The van der Waals surface area contributed by atoms with E-state index in [1.165, 1.54) is 0 Å². The van der Waals surface area contributed by atoms with Gasteiger partial charge < -0.3 is 15.2 Å². The number of benzene rings is 2. The van der Waals surface area contributed by atoms with Crippen LogP contribution in [0.25, 0.3) is 0 Å². The van der Waals surface area contributed by atoms with E-state index in [1.54, 1.807) is 18.2 Å². The van der Waals surface area contributed by atoms with Crippen LogP contribution in [0.5, 0.6) is 5.75 Å². The summed E-state index contributed by atoms with van der Waals surface area (Å²) in [6, 6.07) is 17.0. The zero-order chi connectivity index (χ0) is 16.8. The third-order valence-corrected chi connectivity index (χ3v) is 4.49. The molecule has 0 spiro atoms. The largest absolute Gasteiger partial charge is 0.508 e. The van der Waals surface area contributed by atoms with E-state index < -0.39 is 0 Å². The SMILES string of the molecule is O=C(Cc1cccc(O)c1)N[C@H](c1ccccc1)C1CCOCC1. The molecular formula is C20H23NO3. The van der Waals surface area contributed by atoms with Gasteiger partial charge in [-0.05, 0) is 42.0 Å². The van der Waals surface area contributed by atoms with E-state index in [4.69, 9.17) is 4.74 Å².